The maximum Gasteiger partial charge on any atom is 0.252 e. The number of hydrogen-bond acceptors (Lipinski definition) is 5. The lowest BCUT2D eigenvalue weighted by Gasteiger charge is -2.25. The molecule has 1 aromatic heterocycles. The zero-order valence-corrected chi connectivity index (χ0v) is 18.2. The van der Waals surface area contributed by atoms with E-state index in [-0.39, 0.29) is 22.4 Å². The molecule has 156 valence electrons. The van der Waals surface area contributed by atoms with Crippen LogP contribution in [0.3, 0.4) is 0 Å². The Morgan fingerprint density at radius 1 is 1.10 bits per heavy atom. The third-order valence-electron chi connectivity index (χ3n) is 4.96. The van der Waals surface area contributed by atoms with Crippen molar-refractivity contribution in [1.82, 2.24) is 9.62 Å². The molecule has 9 heteroatoms. The number of carbonyl (C=O) groups is 2. The largest absolute Gasteiger partial charge is 0.355 e. The molecule has 3 rings (SSSR count). The van der Waals surface area contributed by atoms with Crippen LogP contribution in [0, 0.1) is 6.92 Å². The summed E-state index contributed by atoms with van der Waals surface area (Å²) in [6.45, 7) is 2.88. The molecule has 0 aliphatic carbocycles. The highest BCUT2D eigenvalue weighted by atomic mass is 32.2. The Morgan fingerprint density at radius 3 is 2.52 bits per heavy atom. The molecule has 2 amide bonds. The van der Waals surface area contributed by atoms with Gasteiger partial charge in [-0.1, -0.05) is 12.5 Å². The van der Waals surface area contributed by atoms with E-state index in [1.165, 1.54) is 4.31 Å². The second-order valence-corrected chi connectivity index (χ2v) is 10.3. The SMILES string of the molecule is CNC(=O)c1cccc(NC(=O)Cc2ccc(S(=O)(=O)N3CCCCC3)s2)c1C. The lowest BCUT2D eigenvalue weighted by atomic mass is 10.1. The van der Waals surface area contributed by atoms with Crippen LogP contribution >= 0.6 is 11.3 Å². The summed E-state index contributed by atoms with van der Waals surface area (Å²) in [5.41, 5.74) is 1.74. The zero-order valence-electron chi connectivity index (χ0n) is 16.5. The second kappa shape index (κ2) is 9.06. The van der Waals surface area contributed by atoms with E-state index in [0.717, 1.165) is 30.6 Å². The van der Waals surface area contributed by atoms with E-state index in [9.17, 15) is 18.0 Å². The van der Waals surface area contributed by atoms with Crippen LogP contribution in [0.15, 0.2) is 34.5 Å². The van der Waals surface area contributed by atoms with Crippen molar-refractivity contribution in [1.29, 1.82) is 0 Å². The third kappa shape index (κ3) is 4.85. The smallest absolute Gasteiger partial charge is 0.252 e. The summed E-state index contributed by atoms with van der Waals surface area (Å²) in [6.07, 6.45) is 2.90. The average molecular weight is 436 g/mol. The standard InChI is InChI=1S/C20H25N3O4S2/c1-14-16(20(25)21-2)7-6-8-17(14)22-18(24)13-15-9-10-19(28-15)29(26,27)23-11-4-3-5-12-23/h6-10H,3-5,11-13H2,1-2H3,(H,21,25)(H,22,24). The number of nitrogens with zero attached hydrogens (tertiary/aromatic N) is 1. The van der Waals surface area contributed by atoms with Gasteiger partial charge in [0.05, 0.1) is 6.42 Å². The van der Waals surface area contributed by atoms with E-state index in [4.69, 9.17) is 0 Å². The number of sulfonamides is 1. The first-order valence-electron chi connectivity index (χ1n) is 9.53. The summed E-state index contributed by atoms with van der Waals surface area (Å²) >= 11 is 1.13. The number of carbonyl (C=O) groups excluding carboxylic acids is 2. The lowest BCUT2D eigenvalue weighted by molar-refractivity contribution is -0.115. The Hall–Kier alpha value is -2.23. The fraction of sp³-hybridized carbons (Fsp3) is 0.400. The maximum absolute atomic E-state index is 12.7. The number of piperidine rings is 1. The van der Waals surface area contributed by atoms with E-state index in [0.29, 0.717) is 34.8 Å². The summed E-state index contributed by atoms with van der Waals surface area (Å²) in [4.78, 5) is 25.1. The van der Waals surface area contributed by atoms with Crippen LogP contribution in [-0.2, 0) is 21.2 Å². The third-order valence-corrected chi connectivity index (χ3v) is 8.41. The first kappa shape index (κ1) is 21.5. The van der Waals surface area contributed by atoms with Crippen molar-refractivity contribution in [3.8, 4) is 0 Å². The van der Waals surface area contributed by atoms with Crippen LogP contribution in [0.25, 0.3) is 0 Å². The molecule has 7 nitrogen and oxygen atoms in total. The van der Waals surface area contributed by atoms with Crippen molar-refractivity contribution in [2.24, 2.45) is 0 Å². The number of nitrogens with one attached hydrogen (secondary N) is 2. The van der Waals surface area contributed by atoms with Gasteiger partial charge in [0.15, 0.2) is 0 Å². The van der Waals surface area contributed by atoms with Crippen LogP contribution in [0.2, 0.25) is 0 Å². The van der Waals surface area contributed by atoms with Crippen LogP contribution in [0.5, 0.6) is 0 Å². The van der Waals surface area contributed by atoms with Crippen molar-refractivity contribution >= 4 is 38.9 Å². The summed E-state index contributed by atoms with van der Waals surface area (Å²) in [7, 11) is -1.93. The fourth-order valence-electron chi connectivity index (χ4n) is 3.33. The highest BCUT2D eigenvalue weighted by molar-refractivity contribution is 7.91. The van der Waals surface area contributed by atoms with Crippen molar-refractivity contribution in [3.63, 3.8) is 0 Å². The molecule has 0 saturated carbocycles. The molecule has 1 aliphatic rings. The van der Waals surface area contributed by atoms with Gasteiger partial charge in [0, 0.05) is 36.3 Å². The van der Waals surface area contributed by atoms with E-state index >= 15 is 0 Å². The molecular weight excluding hydrogens is 410 g/mol. The maximum atomic E-state index is 12.7. The number of anilines is 1. The van der Waals surface area contributed by atoms with Crippen molar-refractivity contribution in [2.45, 2.75) is 36.8 Å². The molecule has 2 aromatic rings. The first-order valence-corrected chi connectivity index (χ1v) is 11.8. The van der Waals surface area contributed by atoms with Gasteiger partial charge in [0.25, 0.3) is 15.9 Å². The predicted molar refractivity (Wildman–Crippen MR) is 114 cm³/mol. The Bertz CT molecular complexity index is 1010. The monoisotopic (exact) mass is 435 g/mol. The summed E-state index contributed by atoms with van der Waals surface area (Å²) in [5, 5.41) is 5.39. The summed E-state index contributed by atoms with van der Waals surface area (Å²) < 4.78 is 27.3. The molecule has 0 atom stereocenters. The molecule has 2 heterocycles. The van der Waals surface area contributed by atoms with Gasteiger partial charge in [-0.2, -0.15) is 4.31 Å². The second-order valence-electron chi connectivity index (χ2n) is 6.97. The quantitative estimate of drug-likeness (QED) is 0.729. The Labute approximate surface area is 175 Å². The minimum atomic E-state index is -3.48. The first-order chi connectivity index (χ1) is 13.8. The zero-order chi connectivity index (χ0) is 21.0. The number of amides is 2. The van der Waals surface area contributed by atoms with Gasteiger partial charge in [-0.15, -0.1) is 11.3 Å². The van der Waals surface area contributed by atoms with Crippen molar-refractivity contribution in [3.05, 3.63) is 46.3 Å². The number of hydrogen-bond donors (Lipinski definition) is 2. The van der Waals surface area contributed by atoms with Crippen molar-refractivity contribution < 1.29 is 18.0 Å². The molecule has 1 fully saturated rings. The number of thiophene rings is 1. The molecule has 1 saturated heterocycles. The molecule has 0 unspecified atom stereocenters. The van der Waals surface area contributed by atoms with Crippen LogP contribution in [0.4, 0.5) is 5.69 Å². The van der Waals surface area contributed by atoms with E-state index < -0.39 is 10.0 Å². The fourth-order valence-corrected chi connectivity index (χ4v) is 6.35. The molecule has 2 N–H and O–H groups in total. The summed E-state index contributed by atoms with van der Waals surface area (Å²) in [5.74, 6) is -0.477. The highest BCUT2D eigenvalue weighted by Crippen LogP contribution is 2.28. The van der Waals surface area contributed by atoms with Gasteiger partial charge >= 0.3 is 0 Å². The van der Waals surface area contributed by atoms with E-state index in [1.54, 1.807) is 44.3 Å². The topological polar surface area (TPSA) is 95.6 Å². The molecular formula is C20H25N3O4S2. The van der Waals surface area contributed by atoms with E-state index in [2.05, 4.69) is 10.6 Å². The molecule has 0 spiro atoms. The normalized spacial score (nSPS) is 15.1. The Morgan fingerprint density at radius 2 is 1.83 bits per heavy atom. The predicted octanol–water partition coefficient (Wildman–Crippen LogP) is 2.77. The molecule has 0 bridgehead atoms. The minimum Gasteiger partial charge on any atom is -0.355 e. The van der Waals surface area contributed by atoms with Gasteiger partial charge in [-0.25, -0.2) is 8.42 Å². The Balaban J connectivity index is 1.69. The molecule has 1 aromatic carbocycles. The summed E-state index contributed by atoms with van der Waals surface area (Å²) in [6, 6.07) is 8.41. The number of rotatable bonds is 6. The molecule has 29 heavy (non-hydrogen) atoms. The Kier molecular flexibility index (Phi) is 6.71. The number of benzene rings is 1. The van der Waals surface area contributed by atoms with Crippen LogP contribution in [-0.4, -0.2) is 44.7 Å². The van der Waals surface area contributed by atoms with Gasteiger partial charge < -0.3 is 10.6 Å². The highest BCUT2D eigenvalue weighted by Gasteiger charge is 2.27. The van der Waals surface area contributed by atoms with Crippen LogP contribution < -0.4 is 10.6 Å². The average Bonchev–Trinajstić information content (AvgIpc) is 3.19. The molecule has 0 radical (unpaired) electrons. The van der Waals surface area contributed by atoms with Gasteiger partial charge in [-0.3, -0.25) is 9.59 Å². The van der Waals surface area contributed by atoms with E-state index in [1.807, 2.05) is 0 Å². The van der Waals surface area contributed by atoms with Crippen molar-refractivity contribution in [2.75, 3.05) is 25.5 Å². The van der Waals surface area contributed by atoms with Gasteiger partial charge in [-0.05, 0) is 49.6 Å². The molecule has 1 aliphatic heterocycles. The van der Waals surface area contributed by atoms with Gasteiger partial charge in [0.1, 0.15) is 4.21 Å². The lowest BCUT2D eigenvalue weighted by Crippen LogP contribution is -2.35. The minimum absolute atomic E-state index is 0.0732. The van der Waals surface area contributed by atoms with Gasteiger partial charge in [0.2, 0.25) is 5.91 Å². The van der Waals surface area contributed by atoms with Crippen LogP contribution in [0.1, 0.15) is 40.1 Å².